The zero-order valence-electron chi connectivity index (χ0n) is 9.83. The van der Waals surface area contributed by atoms with E-state index in [9.17, 15) is 0 Å². The summed E-state index contributed by atoms with van der Waals surface area (Å²) in [5.41, 5.74) is 2.83. The van der Waals surface area contributed by atoms with E-state index in [1.165, 1.54) is 30.4 Å². The molecule has 1 fully saturated rings. The number of benzene rings is 1. The van der Waals surface area contributed by atoms with E-state index in [0.717, 1.165) is 24.7 Å². The molecule has 1 N–H and O–H groups in total. The van der Waals surface area contributed by atoms with Gasteiger partial charge in [0.1, 0.15) is 5.75 Å². The van der Waals surface area contributed by atoms with Crippen molar-refractivity contribution in [2.24, 2.45) is 5.92 Å². The van der Waals surface area contributed by atoms with Gasteiger partial charge in [-0.25, -0.2) is 0 Å². The number of fused-ring (bicyclic) bond motifs is 1. The molecule has 0 radical (unpaired) electrons. The molecule has 2 nitrogen and oxygen atoms in total. The molecule has 1 saturated carbocycles. The van der Waals surface area contributed by atoms with Crippen LogP contribution in [0.1, 0.15) is 36.4 Å². The van der Waals surface area contributed by atoms with Crippen LogP contribution in [0.2, 0.25) is 0 Å². The number of hydrogen-bond acceptors (Lipinski definition) is 2. The van der Waals surface area contributed by atoms with Gasteiger partial charge in [-0.2, -0.15) is 0 Å². The molecule has 1 aromatic carbocycles. The zero-order valence-corrected chi connectivity index (χ0v) is 9.83. The molecule has 86 valence electrons. The van der Waals surface area contributed by atoms with Crippen molar-refractivity contribution in [2.75, 3.05) is 13.7 Å². The van der Waals surface area contributed by atoms with E-state index in [2.05, 4.69) is 30.6 Å². The maximum atomic E-state index is 5.65. The van der Waals surface area contributed by atoms with Crippen LogP contribution in [0.5, 0.6) is 5.75 Å². The lowest BCUT2D eigenvalue weighted by Crippen LogP contribution is -2.19. The lowest BCUT2D eigenvalue weighted by molar-refractivity contribution is 0.288. The Balaban J connectivity index is 1.89. The SMILES string of the molecule is CNC(c1ccc2c(c1)CCCO2)C1CC1. The molecule has 0 saturated heterocycles. The molecule has 1 aromatic rings. The van der Waals surface area contributed by atoms with Crippen LogP contribution >= 0.6 is 0 Å². The third-order valence-corrected chi connectivity index (χ3v) is 3.70. The van der Waals surface area contributed by atoms with E-state index in [4.69, 9.17) is 4.74 Å². The summed E-state index contributed by atoms with van der Waals surface area (Å²) in [6.45, 7) is 0.879. The normalized spacial score (nSPS) is 21.1. The van der Waals surface area contributed by atoms with Crippen LogP contribution in [-0.2, 0) is 6.42 Å². The average Bonchev–Trinajstić information content (AvgIpc) is 3.14. The summed E-state index contributed by atoms with van der Waals surface area (Å²) in [5, 5.41) is 3.45. The molecule has 1 aliphatic heterocycles. The van der Waals surface area contributed by atoms with Crippen molar-refractivity contribution in [1.29, 1.82) is 0 Å². The Morgan fingerprint density at radius 1 is 1.38 bits per heavy atom. The van der Waals surface area contributed by atoms with E-state index >= 15 is 0 Å². The maximum absolute atomic E-state index is 5.65. The van der Waals surface area contributed by atoms with E-state index in [0.29, 0.717) is 6.04 Å². The first-order chi connectivity index (χ1) is 7.88. The van der Waals surface area contributed by atoms with Crippen molar-refractivity contribution in [2.45, 2.75) is 31.7 Å². The quantitative estimate of drug-likeness (QED) is 0.840. The molecular weight excluding hydrogens is 198 g/mol. The van der Waals surface area contributed by atoms with Gasteiger partial charge >= 0.3 is 0 Å². The second-order valence-electron chi connectivity index (χ2n) is 4.92. The first-order valence-corrected chi connectivity index (χ1v) is 6.31. The Kier molecular flexibility index (Phi) is 2.60. The summed E-state index contributed by atoms with van der Waals surface area (Å²) >= 11 is 0. The number of hydrogen-bond donors (Lipinski definition) is 1. The van der Waals surface area contributed by atoms with Gasteiger partial charge in [-0.15, -0.1) is 0 Å². The molecular formula is C14H19NO. The second kappa shape index (κ2) is 4.10. The molecule has 1 atom stereocenters. The lowest BCUT2D eigenvalue weighted by Gasteiger charge is -2.21. The van der Waals surface area contributed by atoms with Crippen LogP contribution in [-0.4, -0.2) is 13.7 Å². The van der Waals surface area contributed by atoms with Crippen LogP contribution < -0.4 is 10.1 Å². The van der Waals surface area contributed by atoms with Gasteiger partial charge in [0.25, 0.3) is 0 Å². The third kappa shape index (κ3) is 1.82. The minimum absolute atomic E-state index is 0.548. The second-order valence-corrected chi connectivity index (χ2v) is 4.92. The largest absolute Gasteiger partial charge is 0.493 e. The molecule has 0 amide bonds. The lowest BCUT2D eigenvalue weighted by atomic mass is 9.97. The fourth-order valence-corrected chi connectivity index (χ4v) is 2.68. The first kappa shape index (κ1) is 10.2. The molecule has 0 spiro atoms. The Morgan fingerprint density at radius 3 is 3.00 bits per heavy atom. The molecule has 16 heavy (non-hydrogen) atoms. The Hall–Kier alpha value is -1.02. The summed E-state index contributed by atoms with van der Waals surface area (Å²) in [6.07, 6.45) is 5.08. The van der Waals surface area contributed by atoms with Crippen LogP contribution in [0.15, 0.2) is 18.2 Å². The topological polar surface area (TPSA) is 21.3 Å². The fourth-order valence-electron chi connectivity index (χ4n) is 2.68. The Labute approximate surface area is 97.0 Å². The monoisotopic (exact) mass is 217 g/mol. The molecule has 0 bridgehead atoms. The van der Waals surface area contributed by atoms with Crippen LogP contribution in [0, 0.1) is 5.92 Å². The van der Waals surface area contributed by atoms with Gasteiger partial charge in [-0.1, -0.05) is 12.1 Å². The predicted octanol–water partition coefficient (Wildman–Crippen LogP) is 2.68. The Bertz CT molecular complexity index is 384. The van der Waals surface area contributed by atoms with Gasteiger partial charge in [0.2, 0.25) is 0 Å². The summed E-state index contributed by atoms with van der Waals surface area (Å²) < 4.78 is 5.65. The van der Waals surface area contributed by atoms with Gasteiger partial charge in [-0.05, 0) is 55.8 Å². The molecule has 1 unspecified atom stereocenters. The van der Waals surface area contributed by atoms with Crippen LogP contribution in [0.3, 0.4) is 0 Å². The van der Waals surface area contributed by atoms with E-state index in [-0.39, 0.29) is 0 Å². The summed E-state index contributed by atoms with van der Waals surface area (Å²) in [5.74, 6) is 1.95. The molecule has 2 aliphatic rings. The highest BCUT2D eigenvalue weighted by atomic mass is 16.5. The molecule has 1 aliphatic carbocycles. The zero-order chi connectivity index (χ0) is 11.0. The van der Waals surface area contributed by atoms with Gasteiger partial charge in [0, 0.05) is 6.04 Å². The molecule has 1 heterocycles. The molecule has 3 rings (SSSR count). The van der Waals surface area contributed by atoms with Crippen molar-refractivity contribution in [3.05, 3.63) is 29.3 Å². The standard InChI is InChI=1S/C14H19NO/c1-15-14(10-4-5-10)12-6-7-13-11(9-12)3-2-8-16-13/h6-7,9-10,14-15H,2-5,8H2,1H3. The van der Waals surface area contributed by atoms with Crippen molar-refractivity contribution < 1.29 is 4.74 Å². The van der Waals surface area contributed by atoms with Crippen molar-refractivity contribution in [3.8, 4) is 5.75 Å². The smallest absolute Gasteiger partial charge is 0.122 e. The van der Waals surface area contributed by atoms with Crippen molar-refractivity contribution in [1.82, 2.24) is 5.32 Å². The minimum atomic E-state index is 0.548. The summed E-state index contributed by atoms with van der Waals surface area (Å²) in [6, 6.07) is 7.26. The minimum Gasteiger partial charge on any atom is -0.493 e. The summed E-state index contributed by atoms with van der Waals surface area (Å²) in [7, 11) is 2.07. The fraction of sp³-hybridized carbons (Fsp3) is 0.571. The summed E-state index contributed by atoms with van der Waals surface area (Å²) in [4.78, 5) is 0. The average molecular weight is 217 g/mol. The number of rotatable bonds is 3. The van der Waals surface area contributed by atoms with Gasteiger partial charge < -0.3 is 10.1 Å². The number of nitrogens with one attached hydrogen (secondary N) is 1. The molecule has 2 heteroatoms. The Morgan fingerprint density at radius 2 is 2.25 bits per heavy atom. The highest BCUT2D eigenvalue weighted by Crippen LogP contribution is 2.41. The van der Waals surface area contributed by atoms with Gasteiger partial charge in [0.05, 0.1) is 6.61 Å². The number of aryl methyl sites for hydroxylation is 1. The van der Waals surface area contributed by atoms with Gasteiger partial charge in [0.15, 0.2) is 0 Å². The van der Waals surface area contributed by atoms with E-state index in [1.807, 2.05) is 0 Å². The maximum Gasteiger partial charge on any atom is 0.122 e. The first-order valence-electron chi connectivity index (χ1n) is 6.31. The number of ether oxygens (including phenoxy) is 1. The highest BCUT2D eigenvalue weighted by molar-refractivity contribution is 5.40. The van der Waals surface area contributed by atoms with E-state index in [1.54, 1.807) is 0 Å². The van der Waals surface area contributed by atoms with Crippen molar-refractivity contribution in [3.63, 3.8) is 0 Å². The van der Waals surface area contributed by atoms with Crippen LogP contribution in [0.25, 0.3) is 0 Å². The predicted molar refractivity (Wildman–Crippen MR) is 64.8 cm³/mol. The third-order valence-electron chi connectivity index (χ3n) is 3.70. The van der Waals surface area contributed by atoms with E-state index < -0.39 is 0 Å². The highest BCUT2D eigenvalue weighted by Gasteiger charge is 2.31. The van der Waals surface area contributed by atoms with Crippen LogP contribution in [0.4, 0.5) is 0 Å². The van der Waals surface area contributed by atoms with Gasteiger partial charge in [-0.3, -0.25) is 0 Å². The molecule has 0 aromatic heterocycles. The van der Waals surface area contributed by atoms with Crippen molar-refractivity contribution >= 4 is 0 Å².